The lowest BCUT2D eigenvalue weighted by Crippen LogP contribution is -2.11. The standard InChI is InChI=1S/C14H17IN2O2S/c1-2-20(18,19)8-4-7-17-11-13(10-16-17)12-5-3-6-14(15)9-12/h3,5-6,9-11H,2,4,7-8H2,1H3. The average molecular weight is 404 g/mol. The summed E-state index contributed by atoms with van der Waals surface area (Å²) in [6.07, 6.45) is 4.38. The summed E-state index contributed by atoms with van der Waals surface area (Å²) in [6.45, 7) is 2.31. The lowest BCUT2D eigenvalue weighted by molar-refractivity contribution is 0.573. The van der Waals surface area contributed by atoms with Crippen LogP contribution in [0, 0.1) is 3.57 Å². The van der Waals surface area contributed by atoms with E-state index in [0.29, 0.717) is 13.0 Å². The molecule has 108 valence electrons. The van der Waals surface area contributed by atoms with E-state index >= 15 is 0 Å². The van der Waals surface area contributed by atoms with Gasteiger partial charge in [-0.25, -0.2) is 8.42 Å². The van der Waals surface area contributed by atoms with Gasteiger partial charge in [-0.2, -0.15) is 5.10 Å². The molecule has 0 bridgehead atoms. The highest BCUT2D eigenvalue weighted by molar-refractivity contribution is 14.1. The van der Waals surface area contributed by atoms with E-state index in [-0.39, 0.29) is 11.5 Å². The SMILES string of the molecule is CCS(=O)(=O)CCCn1cc(-c2cccc(I)c2)cn1. The van der Waals surface area contributed by atoms with Gasteiger partial charge in [-0.1, -0.05) is 19.1 Å². The number of sulfone groups is 1. The normalized spacial score (nSPS) is 11.7. The van der Waals surface area contributed by atoms with Gasteiger partial charge in [0.15, 0.2) is 0 Å². The van der Waals surface area contributed by atoms with Crippen LogP contribution in [0.4, 0.5) is 0 Å². The number of nitrogens with zero attached hydrogens (tertiary/aromatic N) is 2. The molecule has 1 aromatic heterocycles. The van der Waals surface area contributed by atoms with E-state index in [1.54, 1.807) is 11.6 Å². The maximum Gasteiger partial charge on any atom is 0.150 e. The van der Waals surface area contributed by atoms with Crippen LogP contribution in [-0.2, 0) is 16.4 Å². The predicted octanol–water partition coefficient (Wildman–Crippen LogP) is 2.98. The molecule has 0 amide bonds. The fourth-order valence-corrected chi connectivity index (χ4v) is 3.29. The molecule has 0 radical (unpaired) electrons. The minimum Gasteiger partial charge on any atom is -0.272 e. The number of aryl methyl sites for hydroxylation is 1. The molecular formula is C14H17IN2O2S. The predicted molar refractivity (Wildman–Crippen MR) is 89.3 cm³/mol. The van der Waals surface area contributed by atoms with Crippen molar-refractivity contribution >= 4 is 32.4 Å². The van der Waals surface area contributed by atoms with Gasteiger partial charge in [-0.05, 0) is 46.7 Å². The first-order chi connectivity index (χ1) is 9.50. The van der Waals surface area contributed by atoms with Crippen molar-refractivity contribution in [3.63, 3.8) is 0 Å². The fraction of sp³-hybridized carbons (Fsp3) is 0.357. The highest BCUT2D eigenvalue weighted by Gasteiger charge is 2.07. The van der Waals surface area contributed by atoms with Crippen molar-refractivity contribution in [3.05, 3.63) is 40.2 Å². The third-order valence-electron chi connectivity index (χ3n) is 3.07. The smallest absolute Gasteiger partial charge is 0.150 e. The van der Waals surface area contributed by atoms with Crippen LogP contribution in [0.15, 0.2) is 36.7 Å². The van der Waals surface area contributed by atoms with Gasteiger partial charge >= 0.3 is 0 Å². The van der Waals surface area contributed by atoms with E-state index in [0.717, 1.165) is 11.1 Å². The molecule has 0 unspecified atom stereocenters. The Morgan fingerprint density at radius 1 is 1.30 bits per heavy atom. The summed E-state index contributed by atoms with van der Waals surface area (Å²) in [5.41, 5.74) is 2.19. The largest absolute Gasteiger partial charge is 0.272 e. The van der Waals surface area contributed by atoms with Gasteiger partial charge in [0, 0.05) is 27.6 Å². The van der Waals surface area contributed by atoms with Crippen LogP contribution < -0.4 is 0 Å². The lowest BCUT2D eigenvalue weighted by Gasteiger charge is -2.02. The van der Waals surface area contributed by atoms with E-state index in [9.17, 15) is 8.42 Å². The zero-order valence-corrected chi connectivity index (χ0v) is 14.3. The summed E-state index contributed by atoms with van der Waals surface area (Å²) in [5, 5.41) is 4.29. The van der Waals surface area contributed by atoms with Crippen LogP contribution >= 0.6 is 22.6 Å². The number of halogens is 1. The molecule has 0 N–H and O–H groups in total. The zero-order chi connectivity index (χ0) is 14.6. The van der Waals surface area contributed by atoms with Crippen LogP contribution in [0.1, 0.15) is 13.3 Å². The molecule has 0 aliphatic carbocycles. The van der Waals surface area contributed by atoms with Gasteiger partial charge in [0.1, 0.15) is 9.84 Å². The third-order valence-corrected chi connectivity index (χ3v) is 5.53. The van der Waals surface area contributed by atoms with E-state index in [1.807, 2.05) is 30.6 Å². The highest BCUT2D eigenvalue weighted by Crippen LogP contribution is 2.20. The topological polar surface area (TPSA) is 52.0 Å². The monoisotopic (exact) mass is 404 g/mol. The second kappa shape index (κ2) is 6.71. The molecule has 0 saturated heterocycles. The van der Waals surface area contributed by atoms with Crippen molar-refractivity contribution in [1.82, 2.24) is 9.78 Å². The molecule has 0 spiro atoms. The maximum atomic E-state index is 11.4. The van der Waals surface area contributed by atoms with Gasteiger partial charge in [-0.3, -0.25) is 4.68 Å². The first-order valence-corrected chi connectivity index (χ1v) is 9.39. The molecule has 0 aliphatic rings. The molecule has 0 fully saturated rings. The summed E-state index contributed by atoms with van der Waals surface area (Å²) in [5.74, 6) is 0.432. The Bertz CT molecular complexity index is 680. The molecular weight excluding hydrogens is 387 g/mol. The van der Waals surface area contributed by atoms with Crippen LogP contribution in [0.25, 0.3) is 11.1 Å². The summed E-state index contributed by atoms with van der Waals surface area (Å²) in [4.78, 5) is 0. The molecule has 2 aromatic rings. The maximum absolute atomic E-state index is 11.4. The Morgan fingerprint density at radius 3 is 2.80 bits per heavy atom. The van der Waals surface area contributed by atoms with Crippen molar-refractivity contribution in [3.8, 4) is 11.1 Å². The summed E-state index contributed by atoms with van der Waals surface area (Å²) in [6, 6.07) is 8.21. The molecule has 0 aliphatic heterocycles. The molecule has 20 heavy (non-hydrogen) atoms. The molecule has 1 aromatic carbocycles. The minimum absolute atomic E-state index is 0.208. The summed E-state index contributed by atoms with van der Waals surface area (Å²) in [7, 11) is -2.88. The molecule has 2 rings (SSSR count). The molecule has 0 saturated carbocycles. The van der Waals surface area contributed by atoms with Gasteiger partial charge in [0.25, 0.3) is 0 Å². The van der Waals surface area contributed by atoms with Crippen LogP contribution in [-0.4, -0.2) is 29.7 Å². The van der Waals surface area contributed by atoms with Crippen molar-refractivity contribution in [2.45, 2.75) is 19.9 Å². The lowest BCUT2D eigenvalue weighted by atomic mass is 10.1. The summed E-state index contributed by atoms with van der Waals surface area (Å²) >= 11 is 2.28. The zero-order valence-electron chi connectivity index (χ0n) is 11.3. The quantitative estimate of drug-likeness (QED) is 0.696. The number of hydrogen-bond acceptors (Lipinski definition) is 3. The Morgan fingerprint density at radius 2 is 2.10 bits per heavy atom. The van der Waals surface area contributed by atoms with Crippen molar-refractivity contribution in [2.75, 3.05) is 11.5 Å². The fourth-order valence-electron chi connectivity index (χ4n) is 1.89. The van der Waals surface area contributed by atoms with Gasteiger partial charge in [0.05, 0.1) is 11.9 Å². The van der Waals surface area contributed by atoms with Crippen LogP contribution in [0.3, 0.4) is 0 Å². The van der Waals surface area contributed by atoms with E-state index in [4.69, 9.17) is 0 Å². The number of hydrogen-bond donors (Lipinski definition) is 0. The first-order valence-electron chi connectivity index (χ1n) is 6.49. The summed E-state index contributed by atoms with van der Waals surface area (Å²) < 4.78 is 25.8. The number of rotatable bonds is 6. The molecule has 0 atom stereocenters. The van der Waals surface area contributed by atoms with E-state index in [2.05, 4.69) is 33.8 Å². The van der Waals surface area contributed by atoms with E-state index < -0.39 is 9.84 Å². The van der Waals surface area contributed by atoms with Crippen molar-refractivity contribution in [2.24, 2.45) is 0 Å². The molecule has 6 heteroatoms. The Hall–Kier alpha value is -0.890. The van der Waals surface area contributed by atoms with Crippen molar-refractivity contribution in [1.29, 1.82) is 0 Å². The molecule has 1 heterocycles. The van der Waals surface area contributed by atoms with Crippen LogP contribution in [0.2, 0.25) is 0 Å². The Labute approximate surface area is 133 Å². The first kappa shape index (κ1) is 15.5. The Balaban J connectivity index is 1.99. The molecule has 4 nitrogen and oxygen atoms in total. The van der Waals surface area contributed by atoms with E-state index in [1.165, 1.54) is 3.57 Å². The second-order valence-electron chi connectivity index (χ2n) is 4.59. The van der Waals surface area contributed by atoms with Crippen molar-refractivity contribution < 1.29 is 8.42 Å². The van der Waals surface area contributed by atoms with Crippen LogP contribution in [0.5, 0.6) is 0 Å². The van der Waals surface area contributed by atoms with Gasteiger partial charge < -0.3 is 0 Å². The minimum atomic E-state index is -2.88. The van der Waals surface area contributed by atoms with Gasteiger partial charge in [0.2, 0.25) is 0 Å². The Kier molecular flexibility index (Phi) is 5.20. The highest BCUT2D eigenvalue weighted by atomic mass is 127. The number of aromatic nitrogens is 2. The van der Waals surface area contributed by atoms with Gasteiger partial charge in [-0.15, -0.1) is 0 Å². The average Bonchev–Trinajstić information content (AvgIpc) is 2.87. The number of benzene rings is 1. The second-order valence-corrected chi connectivity index (χ2v) is 8.31. The third kappa shape index (κ3) is 4.31.